The summed E-state index contributed by atoms with van der Waals surface area (Å²) in [4.78, 5) is 11.8. The molecule has 90 valence electrons. The number of unbranched alkanes of at least 4 members (excludes halogenated alkanes) is 1. The summed E-state index contributed by atoms with van der Waals surface area (Å²) < 4.78 is 0. The quantitative estimate of drug-likeness (QED) is 0.641. The van der Waals surface area contributed by atoms with Crippen molar-refractivity contribution in [2.24, 2.45) is 5.92 Å². The molecule has 0 spiro atoms. The number of amides is 1. The summed E-state index contributed by atoms with van der Waals surface area (Å²) >= 11 is 5.75. The molecule has 0 aromatic heterocycles. The Balaban J connectivity index is 4.02. The van der Waals surface area contributed by atoms with E-state index in [-0.39, 0.29) is 17.9 Å². The molecule has 0 aliphatic carbocycles. The molecule has 0 aromatic rings. The average Bonchev–Trinajstić information content (AvgIpc) is 2.26. The molecule has 3 heteroatoms. The van der Waals surface area contributed by atoms with E-state index in [0.29, 0.717) is 5.88 Å². The first kappa shape index (κ1) is 14.8. The third-order valence-corrected chi connectivity index (χ3v) is 3.17. The molecule has 0 heterocycles. The second-order valence-corrected chi connectivity index (χ2v) is 4.32. The molecule has 0 saturated heterocycles. The monoisotopic (exact) mass is 233 g/mol. The second kappa shape index (κ2) is 9.02. The number of alkyl halides is 1. The van der Waals surface area contributed by atoms with Crippen LogP contribution in [0.5, 0.6) is 0 Å². The van der Waals surface area contributed by atoms with Crippen LogP contribution in [-0.2, 0) is 4.79 Å². The summed E-state index contributed by atoms with van der Waals surface area (Å²) in [7, 11) is 0. The van der Waals surface area contributed by atoms with Gasteiger partial charge in [-0.1, -0.05) is 33.6 Å². The molecule has 0 fully saturated rings. The van der Waals surface area contributed by atoms with Gasteiger partial charge in [0.05, 0.1) is 0 Å². The maximum atomic E-state index is 11.8. The molecule has 2 unspecified atom stereocenters. The maximum Gasteiger partial charge on any atom is 0.223 e. The summed E-state index contributed by atoms with van der Waals surface area (Å²) in [6.07, 6.45) is 5.10. The van der Waals surface area contributed by atoms with Crippen molar-refractivity contribution < 1.29 is 4.79 Å². The van der Waals surface area contributed by atoms with Gasteiger partial charge < -0.3 is 5.32 Å². The van der Waals surface area contributed by atoms with Crippen molar-refractivity contribution in [2.75, 3.05) is 5.88 Å². The van der Waals surface area contributed by atoms with Crippen molar-refractivity contribution in [1.29, 1.82) is 0 Å². The number of carbonyl (C=O) groups excluding carboxylic acids is 1. The Bertz CT molecular complexity index is 169. The Kier molecular flexibility index (Phi) is 8.88. The average molecular weight is 234 g/mol. The number of hydrogen-bond donors (Lipinski definition) is 1. The van der Waals surface area contributed by atoms with Crippen molar-refractivity contribution >= 4 is 17.5 Å². The van der Waals surface area contributed by atoms with Crippen molar-refractivity contribution in [3.05, 3.63) is 0 Å². The fourth-order valence-electron chi connectivity index (χ4n) is 1.54. The van der Waals surface area contributed by atoms with E-state index in [2.05, 4.69) is 19.2 Å². The Morgan fingerprint density at radius 3 is 2.33 bits per heavy atom. The van der Waals surface area contributed by atoms with Crippen LogP contribution < -0.4 is 5.32 Å². The van der Waals surface area contributed by atoms with Crippen LogP contribution in [0, 0.1) is 5.92 Å². The summed E-state index contributed by atoms with van der Waals surface area (Å²) in [5, 5.41) is 3.01. The number of halogens is 1. The van der Waals surface area contributed by atoms with Gasteiger partial charge in [-0.3, -0.25) is 4.79 Å². The molecule has 0 bridgehead atoms. The van der Waals surface area contributed by atoms with Gasteiger partial charge >= 0.3 is 0 Å². The van der Waals surface area contributed by atoms with Gasteiger partial charge in [0, 0.05) is 17.8 Å². The van der Waals surface area contributed by atoms with Gasteiger partial charge in [-0.05, 0) is 19.3 Å². The highest BCUT2D eigenvalue weighted by Gasteiger charge is 2.18. The van der Waals surface area contributed by atoms with E-state index in [1.165, 1.54) is 0 Å². The molecule has 1 amide bonds. The number of nitrogens with one attached hydrogen (secondary N) is 1. The van der Waals surface area contributed by atoms with Gasteiger partial charge in [0.25, 0.3) is 0 Å². The van der Waals surface area contributed by atoms with Gasteiger partial charge in [0.1, 0.15) is 0 Å². The predicted octanol–water partition coefficient (Wildman–Crippen LogP) is 3.34. The summed E-state index contributed by atoms with van der Waals surface area (Å²) in [6.45, 7) is 6.26. The van der Waals surface area contributed by atoms with Crippen LogP contribution in [-0.4, -0.2) is 17.8 Å². The zero-order valence-electron chi connectivity index (χ0n) is 10.2. The summed E-state index contributed by atoms with van der Waals surface area (Å²) in [5.74, 6) is 0.854. The predicted molar refractivity (Wildman–Crippen MR) is 66.2 cm³/mol. The molecule has 0 radical (unpaired) electrons. The van der Waals surface area contributed by atoms with E-state index in [9.17, 15) is 4.79 Å². The minimum Gasteiger partial charge on any atom is -0.352 e. The lowest BCUT2D eigenvalue weighted by Crippen LogP contribution is -2.39. The van der Waals surface area contributed by atoms with Gasteiger partial charge in [-0.15, -0.1) is 11.6 Å². The van der Waals surface area contributed by atoms with Crippen molar-refractivity contribution in [1.82, 2.24) is 5.32 Å². The summed E-state index contributed by atoms with van der Waals surface area (Å²) in [6, 6.07) is 0.134. The minimum absolute atomic E-state index is 0.134. The van der Waals surface area contributed by atoms with Crippen LogP contribution in [0.4, 0.5) is 0 Å². The molecule has 2 nitrogen and oxygen atoms in total. The zero-order chi connectivity index (χ0) is 11.7. The van der Waals surface area contributed by atoms with E-state index >= 15 is 0 Å². The highest BCUT2D eigenvalue weighted by molar-refractivity contribution is 6.18. The number of hydrogen-bond acceptors (Lipinski definition) is 1. The fourth-order valence-corrected chi connectivity index (χ4v) is 1.84. The lowest BCUT2D eigenvalue weighted by molar-refractivity contribution is -0.125. The van der Waals surface area contributed by atoms with E-state index in [4.69, 9.17) is 11.6 Å². The minimum atomic E-state index is 0.134. The molecule has 1 N–H and O–H groups in total. The van der Waals surface area contributed by atoms with E-state index in [0.717, 1.165) is 32.1 Å². The number of carbonyl (C=O) groups is 1. The van der Waals surface area contributed by atoms with E-state index in [1.54, 1.807) is 0 Å². The molecule has 2 atom stereocenters. The molecular formula is C12H24ClNO. The van der Waals surface area contributed by atoms with E-state index in [1.807, 2.05) is 6.92 Å². The molecule has 0 rings (SSSR count). The van der Waals surface area contributed by atoms with Crippen molar-refractivity contribution in [3.8, 4) is 0 Å². The van der Waals surface area contributed by atoms with Gasteiger partial charge in [0.2, 0.25) is 5.91 Å². The van der Waals surface area contributed by atoms with Crippen LogP contribution in [0.3, 0.4) is 0 Å². The third kappa shape index (κ3) is 6.03. The number of rotatable bonds is 8. The molecule has 15 heavy (non-hydrogen) atoms. The molecular weight excluding hydrogens is 210 g/mol. The third-order valence-electron chi connectivity index (χ3n) is 2.80. The Hall–Kier alpha value is -0.240. The van der Waals surface area contributed by atoms with Crippen LogP contribution in [0.1, 0.15) is 52.9 Å². The van der Waals surface area contributed by atoms with Gasteiger partial charge in [-0.2, -0.15) is 0 Å². The smallest absolute Gasteiger partial charge is 0.223 e. The van der Waals surface area contributed by atoms with Crippen LogP contribution in [0.2, 0.25) is 0 Å². The molecule has 0 saturated carbocycles. The molecule has 0 aromatic carbocycles. The first-order valence-electron chi connectivity index (χ1n) is 6.05. The lowest BCUT2D eigenvalue weighted by atomic mass is 9.98. The SMILES string of the molecule is CCCCC(CC)C(=O)NC(CC)CCl. The normalized spacial score (nSPS) is 14.7. The Morgan fingerprint density at radius 1 is 1.27 bits per heavy atom. The lowest BCUT2D eigenvalue weighted by Gasteiger charge is -2.19. The van der Waals surface area contributed by atoms with Gasteiger partial charge in [-0.25, -0.2) is 0 Å². The van der Waals surface area contributed by atoms with Crippen LogP contribution >= 0.6 is 11.6 Å². The Labute approximate surface area is 98.8 Å². The maximum absolute atomic E-state index is 11.8. The van der Waals surface area contributed by atoms with Crippen LogP contribution in [0.25, 0.3) is 0 Å². The fraction of sp³-hybridized carbons (Fsp3) is 0.917. The second-order valence-electron chi connectivity index (χ2n) is 4.02. The standard InChI is InChI=1S/C12H24ClNO/c1-4-7-8-10(5-2)12(15)14-11(6-3)9-13/h10-11H,4-9H2,1-3H3,(H,14,15). The van der Waals surface area contributed by atoms with E-state index < -0.39 is 0 Å². The highest BCUT2D eigenvalue weighted by atomic mass is 35.5. The molecule has 0 aliphatic heterocycles. The zero-order valence-corrected chi connectivity index (χ0v) is 10.9. The van der Waals surface area contributed by atoms with Crippen molar-refractivity contribution in [3.63, 3.8) is 0 Å². The topological polar surface area (TPSA) is 29.1 Å². The first-order valence-corrected chi connectivity index (χ1v) is 6.59. The Morgan fingerprint density at radius 2 is 1.93 bits per heavy atom. The van der Waals surface area contributed by atoms with Gasteiger partial charge in [0.15, 0.2) is 0 Å². The van der Waals surface area contributed by atoms with Crippen LogP contribution in [0.15, 0.2) is 0 Å². The van der Waals surface area contributed by atoms with Crippen molar-refractivity contribution in [2.45, 2.75) is 58.9 Å². The largest absolute Gasteiger partial charge is 0.352 e. The summed E-state index contributed by atoms with van der Waals surface area (Å²) in [5.41, 5.74) is 0. The first-order chi connectivity index (χ1) is 7.19. The highest BCUT2D eigenvalue weighted by Crippen LogP contribution is 2.13. The molecule has 0 aliphatic rings.